The lowest BCUT2D eigenvalue weighted by Crippen LogP contribution is -2.10. The Bertz CT molecular complexity index is 429. The minimum Gasteiger partial charge on any atom is -0.478 e. The van der Waals surface area contributed by atoms with Crippen molar-refractivity contribution in [3.63, 3.8) is 0 Å². The number of hydrogen-bond donors (Lipinski definition) is 1. The molecule has 0 spiro atoms. The molecular formula is C10H13N3O2. The fourth-order valence-corrected chi connectivity index (χ4v) is 1.59. The van der Waals surface area contributed by atoms with Crippen molar-refractivity contribution in [2.75, 3.05) is 0 Å². The van der Waals surface area contributed by atoms with E-state index < -0.39 is 12.0 Å². The summed E-state index contributed by atoms with van der Waals surface area (Å²) >= 11 is 0. The van der Waals surface area contributed by atoms with Gasteiger partial charge in [-0.1, -0.05) is 6.92 Å². The molecule has 0 aromatic carbocycles. The zero-order valence-corrected chi connectivity index (χ0v) is 8.98. The minimum atomic E-state index is -0.996. The number of nitriles is 1. The lowest BCUT2D eigenvalue weighted by Gasteiger charge is -2.08. The van der Waals surface area contributed by atoms with Gasteiger partial charge in [0.25, 0.3) is 0 Å². The van der Waals surface area contributed by atoms with Crippen LogP contribution in [0.5, 0.6) is 0 Å². The van der Waals surface area contributed by atoms with E-state index in [-0.39, 0.29) is 5.56 Å². The molecule has 1 rings (SSSR count). The first-order chi connectivity index (χ1) is 7.02. The zero-order chi connectivity index (χ0) is 11.6. The van der Waals surface area contributed by atoms with Crippen molar-refractivity contribution in [1.29, 1.82) is 5.26 Å². The maximum absolute atomic E-state index is 10.9. The topological polar surface area (TPSA) is 78.9 Å². The summed E-state index contributed by atoms with van der Waals surface area (Å²) in [6, 6.07) is 1.70. The Morgan fingerprint density at radius 1 is 1.67 bits per heavy atom. The molecule has 0 aliphatic heterocycles. The molecule has 1 unspecified atom stereocenters. The molecule has 80 valence electrons. The van der Waals surface area contributed by atoms with Gasteiger partial charge in [-0.25, -0.2) is 4.79 Å². The molecule has 0 amide bonds. The van der Waals surface area contributed by atoms with E-state index in [1.54, 1.807) is 13.8 Å². The third kappa shape index (κ3) is 1.84. The first-order valence-electron chi connectivity index (χ1n) is 4.71. The monoisotopic (exact) mass is 207 g/mol. The van der Waals surface area contributed by atoms with Crippen LogP contribution in [0.4, 0.5) is 0 Å². The van der Waals surface area contributed by atoms with Gasteiger partial charge < -0.3 is 5.11 Å². The molecule has 1 atom stereocenters. The number of aromatic carboxylic acids is 1. The molecule has 5 heteroatoms. The van der Waals surface area contributed by atoms with Gasteiger partial charge >= 0.3 is 5.97 Å². The van der Waals surface area contributed by atoms with Gasteiger partial charge in [0.05, 0.1) is 17.5 Å². The summed E-state index contributed by atoms with van der Waals surface area (Å²) in [5, 5.41) is 21.9. The molecule has 0 aliphatic carbocycles. The predicted molar refractivity (Wildman–Crippen MR) is 53.6 cm³/mol. The standard InChI is InChI=1S/C10H13N3O2/c1-4-8(5-11)13-7(3)9(10(14)15)6(2)12-13/h8H,4H2,1-3H3,(H,14,15). The summed E-state index contributed by atoms with van der Waals surface area (Å²) in [7, 11) is 0. The van der Waals surface area contributed by atoms with Crippen molar-refractivity contribution >= 4 is 5.97 Å². The van der Waals surface area contributed by atoms with Crippen molar-refractivity contribution in [3.05, 3.63) is 17.0 Å². The molecule has 1 N–H and O–H groups in total. The van der Waals surface area contributed by atoms with Crippen molar-refractivity contribution in [3.8, 4) is 6.07 Å². The third-order valence-electron chi connectivity index (χ3n) is 2.37. The molecule has 15 heavy (non-hydrogen) atoms. The number of carbonyl (C=O) groups is 1. The average Bonchev–Trinajstić information content (AvgIpc) is 2.44. The smallest absolute Gasteiger partial charge is 0.339 e. The largest absolute Gasteiger partial charge is 0.478 e. The van der Waals surface area contributed by atoms with Gasteiger partial charge in [-0.15, -0.1) is 0 Å². The molecule has 5 nitrogen and oxygen atoms in total. The van der Waals surface area contributed by atoms with E-state index in [1.807, 2.05) is 6.92 Å². The van der Waals surface area contributed by atoms with E-state index in [2.05, 4.69) is 11.2 Å². The normalized spacial score (nSPS) is 12.1. The maximum Gasteiger partial charge on any atom is 0.339 e. The van der Waals surface area contributed by atoms with E-state index in [4.69, 9.17) is 10.4 Å². The van der Waals surface area contributed by atoms with Crippen molar-refractivity contribution in [2.45, 2.75) is 33.2 Å². The molecular weight excluding hydrogens is 194 g/mol. The molecule has 1 aromatic heterocycles. The number of hydrogen-bond acceptors (Lipinski definition) is 3. The van der Waals surface area contributed by atoms with Crippen LogP contribution in [0.25, 0.3) is 0 Å². The summed E-state index contributed by atoms with van der Waals surface area (Å²) in [6.45, 7) is 5.17. The highest BCUT2D eigenvalue weighted by molar-refractivity contribution is 5.90. The van der Waals surface area contributed by atoms with Crippen LogP contribution in [0, 0.1) is 25.2 Å². The highest BCUT2D eigenvalue weighted by Crippen LogP contribution is 2.18. The van der Waals surface area contributed by atoms with Gasteiger partial charge in [-0.3, -0.25) is 4.68 Å². The number of carboxylic acid groups (broad SMARTS) is 1. The Balaban J connectivity index is 3.30. The average molecular weight is 207 g/mol. The van der Waals surface area contributed by atoms with Gasteiger partial charge in [-0.05, 0) is 20.3 Å². The van der Waals surface area contributed by atoms with Gasteiger partial charge in [0.2, 0.25) is 0 Å². The van der Waals surface area contributed by atoms with Gasteiger partial charge in [0, 0.05) is 0 Å². The quantitative estimate of drug-likeness (QED) is 0.817. The number of carboxylic acids is 1. The Morgan fingerprint density at radius 3 is 2.60 bits per heavy atom. The van der Waals surface area contributed by atoms with Crippen LogP contribution >= 0.6 is 0 Å². The predicted octanol–water partition coefficient (Wildman–Crippen LogP) is 1.67. The fourth-order valence-electron chi connectivity index (χ4n) is 1.59. The second kappa shape index (κ2) is 4.13. The summed E-state index contributed by atoms with van der Waals surface area (Å²) < 4.78 is 1.48. The number of aromatic nitrogens is 2. The number of aryl methyl sites for hydroxylation is 1. The van der Waals surface area contributed by atoms with Crippen LogP contribution in [0.1, 0.15) is 41.1 Å². The van der Waals surface area contributed by atoms with E-state index >= 15 is 0 Å². The molecule has 0 bridgehead atoms. The van der Waals surface area contributed by atoms with Crippen LogP contribution in [-0.4, -0.2) is 20.9 Å². The minimum absolute atomic E-state index is 0.198. The lowest BCUT2D eigenvalue weighted by atomic mass is 10.2. The second-order valence-electron chi connectivity index (χ2n) is 3.35. The Kier molecular flexibility index (Phi) is 3.10. The SMILES string of the molecule is CCC(C#N)n1nc(C)c(C(=O)O)c1C. The van der Waals surface area contributed by atoms with E-state index in [9.17, 15) is 4.79 Å². The summed E-state index contributed by atoms with van der Waals surface area (Å²) in [5.41, 5.74) is 1.19. The molecule has 0 saturated carbocycles. The Labute approximate surface area is 87.9 Å². The molecule has 0 fully saturated rings. The third-order valence-corrected chi connectivity index (χ3v) is 2.37. The first kappa shape index (κ1) is 11.2. The van der Waals surface area contributed by atoms with Crippen LogP contribution in [0.3, 0.4) is 0 Å². The Morgan fingerprint density at radius 2 is 2.27 bits per heavy atom. The van der Waals surface area contributed by atoms with Crippen molar-refractivity contribution in [1.82, 2.24) is 9.78 Å². The van der Waals surface area contributed by atoms with Crippen LogP contribution in [-0.2, 0) is 0 Å². The van der Waals surface area contributed by atoms with E-state index in [0.29, 0.717) is 17.8 Å². The van der Waals surface area contributed by atoms with Crippen LogP contribution < -0.4 is 0 Å². The summed E-state index contributed by atoms with van der Waals surface area (Å²) in [6.07, 6.45) is 0.609. The Hall–Kier alpha value is -1.83. The summed E-state index contributed by atoms with van der Waals surface area (Å²) in [4.78, 5) is 10.9. The molecule has 0 radical (unpaired) electrons. The van der Waals surface area contributed by atoms with E-state index in [0.717, 1.165) is 0 Å². The highest BCUT2D eigenvalue weighted by atomic mass is 16.4. The van der Waals surface area contributed by atoms with E-state index in [1.165, 1.54) is 4.68 Å². The highest BCUT2D eigenvalue weighted by Gasteiger charge is 2.21. The van der Waals surface area contributed by atoms with Crippen LogP contribution in [0.2, 0.25) is 0 Å². The second-order valence-corrected chi connectivity index (χ2v) is 3.35. The first-order valence-corrected chi connectivity index (χ1v) is 4.71. The zero-order valence-electron chi connectivity index (χ0n) is 8.98. The summed E-state index contributed by atoms with van der Waals surface area (Å²) in [5.74, 6) is -0.996. The molecule has 0 aliphatic rings. The van der Waals surface area contributed by atoms with Gasteiger partial charge in [-0.2, -0.15) is 10.4 Å². The van der Waals surface area contributed by atoms with Crippen LogP contribution in [0.15, 0.2) is 0 Å². The van der Waals surface area contributed by atoms with Gasteiger partial charge in [0.15, 0.2) is 0 Å². The number of rotatable bonds is 3. The van der Waals surface area contributed by atoms with Crippen molar-refractivity contribution < 1.29 is 9.90 Å². The molecule has 1 heterocycles. The lowest BCUT2D eigenvalue weighted by molar-refractivity contribution is 0.0695. The maximum atomic E-state index is 10.9. The van der Waals surface area contributed by atoms with Gasteiger partial charge in [0.1, 0.15) is 11.6 Å². The molecule has 1 aromatic rings. The van der Waals surface area contributed by atoms with Crippen molar-refractivity contribution in [2.24, 2.45) is 0 Å². The number of nitrogens with zero attached hydrogens (tertiary/aromatic N) is 3. The molecule has 0 saturated heterocycles. The fraction of sp³-hybridized carbons (Fsp3) is 0.500.